The fourth-order valence-electron chi connectivity index (χ4n) is 4.39. The molecule has 2 aromatic heterocycles. The highest BCUT2D eigenvalue weighted by molar-refractivity contribution is 7.13. The second-order valence-electron chi connectivity index (χ2n) is 8.84. The first kappa shape index (κ1) is 24.7. The second-order valence-corrected chi connectivity index (χ2v) is 9.70. The molecule has 0 spiro atoms. The van der Waals surface area contributed by atoms with Crippen molar-refractivity contribution in [1.29, 1.82) is 0 Å². The zero-order chi connectivity index (χ0) is 25.6. The number of rotatable bonds is 8. The SMILES string of the molecule is COc1ccc(-c2cc(N3CCC(C(=O)NCc4csc(-c5ccc(OC)cc5)n4)CC3)ncn2)cc1. The molecule has 1 aliphatic rings. The Labute approximate surface area is 220 Å². The number of carbonyl (C=O) groups is 1. The Morgan fingerprint density at radius 3 is 2.27 bits per heavy atom. The van der Waals surface area contributed by atoms with Gasteiger partial charge in [0, 0.05) is 41.6 Å². The zero-order valence-electron chi connectivity index (χ0n) is 20.9. The van der Waals surface area contributed by atoms with Crippen LogP contribution < -0.4 is 19.7 Å². The van der Waals surface area contributed by atoms with Crippen molar-refractivity contribution in [3.63, 3.8) is 0 Å². The van der Waals surface area contributed by atoms with Gasteiger partial charge in [-0.05, 0) is 61.4 Å². The van der Waals surface area contributed by atoms with Crippen LogP contribution >= 0.6 is 11.3 Å². The summed E-state index contributed by atoms with van der Waals surface area (Å²) in [6.07, 6.45) is 3.16. The number of ether oxygens (including phenoxy) is 2. The van der Waals surface area contributed by atoms with Crippen LogP contribution in [0, 0.1) is 5.92 Å². The predicted molar refractivity (Wildman–Crippen MR) is 145 cm³/mol. The number of hydrogen-bond donors (Lipinski definition) is 1. The van der Waals surface area contributed by atoms with Crippen LogP contribution in [-0.2, 0) is 11.3 Å². The quantitative estimate of drug-likeness (QED) is 0.360. The number of nitrogens with one attached hydrogen (secondary N) is 1. The molecule has 1 aliphatic heterocycles. The van der Waals surface area contributed by atoms with Gasteiger partial charge in [-0.15, -0.1) is 11.3 Å². The second kappa shape index (κ2) is 11.4. The summed E-state index contributed by atoms with van der Waals surface area (Å²) >= 11 is 1.57. The minimum absolute atomic E-state index is 0.0150. The van der Waals surface area contributed by atoms with E-state index in [2.05, 4.69) is 25.2 Å². The Morgan fingerprint density at radius 1 is 0.973 bits per heavy atom. The van der Waals surface area contributed by atoms with Crippen LogP contribution in [0.15, 0.2) is 66.3 Å². The van der Waals surface area contributed by atoms with Crippen molar-refractivity contribution in [3.8, 4) is 33.3 Å². The van der Waals surface area contributed by atoms with Crippen molar-refractivity contribution < 1.29 is 14.3 Å². The highest BCUT2D eigenvalue weighted by atomic mass is 32.1. The summed E-state index contributed by atoms with van der Waals surface area (Å²) in [4.78, 5) is 28.7. The van der Waals surface area contributed by atoms with Crippen molar-refractivity contribution in [1.82, 2.24) is 20.3 Å². The number of aromatic nitrogens is 3. The highest BCUT2D eigenvalue weighted by Crippen LogP contribution is 2.28. The monoisotopic (exact) mass is 515 g/mol. The van der Waals surface area contributed by atoms with E-state index < -0.39 is 0 Å². The molecular formula is C28H29N5O3S. The normalized spacial score (nSPS) is 13.8. The first-order chi connectivity index (χ1) is 18.1. The molecule has 1 amide bonds. The Hall–Kier alpha value is -3.98. The standard InChI is InChI=1S/C28H29N5O3S/c1-35-23-7-3-19(4-8-23)25-15-26(31-18-30-25)33-13-11-20(12-14-33)27(34)29-16-22-17-37-28(32-22)21-5-9-24(36-2)10-6-21/h3-10,15,17-18,20H,11-14,16H2,1-2H3,(H,29,34). The lowest BCUT2D eigenvalue weighted by Crippen LogP contribution is -2.40. The maximum absolute atomic E-state index is 12.8. The lowest BCUT2D eigenvalue weighted by Gasteiger charge is -2.32. The Bertz CT molecular complexity index is 1330. The van der Waals surface area contributed by atoms with E-state index in [1.165, 1.54) is 0 Å². The number of thiazole rings is 1. The molecule has 37 heavy (non-hydrogen) atoms. The van der Waals surface area contributed by atoms with Gasteiger partial charge in [0.15, 0.2) is 0 Å². The van der Waals surface area contributed by atoms with Gasteiger partial charge in [-0.25, -0.2) is 15.0 Å². The number of anilines is 1. The number of hydrogen-bond acceptors (Lipinski definition) is 8. The molecule has 1 fully saturated rings. The molecule has 0 aliphatic carbocycles. The number of carbonyl (C=O) groups excluding carboxylic acids is 1. The number of methoxy groups -OCH3 is 2. The van der Waals surface area contributed by atoms with Gasteiger partial charge in [-0.2, -0.15) is 0 Å². The maximum Gasteiger partial charge on any atom is 0.223 e. The molecule has 0 bridgehead atoms. The lowest BCUT2D eigenvalue weighted by molar-refractivity contribution is -0.125. The van der Waals surface area contributed by atoms with E-state index in [9.17, 15) is 4.79 Å². The third kappa shape index (κ3) is 5.89. The van der Waals surface area contributed by atoms with E-state index >= 15 is 0 Å². The molecule has 4 aromatic rings. The fraction of sp³-hybridized carbons (Fsp3) is 0.286. The number of benzene rings is 2. The van der Waals surface area contributed by atoms with Gasteiger partial charge in [-0.1, -0.05) is 0 Å². The number of amides is 1. The van der Waals surface area contributed by atoms with E-state index in [1.807, 2.05) is 60.0 Å². The smallest absolute Gasteiger partial charge is 0.223 e. The molecule has 0 saturated carbocycles. The van der Waals surface area contributed by atoms with Crippen LogP contribution in [0.1, 0.15) is 18.5 Å². The van der Waals surface area contributed by atoms with Crippen molar-refractivity contribution in [2.24, 2.45) is 5.92 Å². The number of piperidine rings is 1. The molecule has 1 saturated heterocycles. The molecule has 8 nitrogen and oxygen atoms in total. The van der Waals surface area contributed by atoms with Gasteiger partial charge in [-0.3, -0.25) is 4.79 Å². The predicted octanol–water partition coefficient (Wildman–Crippen LogP) is 4.82. The zero-order valence-corrected chi connectivity index (χ0v) is 21.7. The van der Waals surface area contributed by atoms with E-state index in [4.69, 9.17) is 9.47 Å². The largest absolute Gasteiger partial charge is 0.497 e. The van der Waals surface area contributed by atoms with Gasteiger partial charge in [0.25, 0.3) is 0 Å². The average molecular weight is 516 g/mol. The molecular weight excluding hydrogens is 486 g/mol. The Kier molecular flexibility index (Phi) is 7.60. The van der Waals surface area contributed by atoms with Crippen LogP contribution in [0.5, 0.6) is 11.5 Å². The average Bonchev–Trinajstić information content (AvgIpc) is 3.45. The van der Waals surface area contributed by atoms with Crippen LogP contribution in [0.2, 0.25) is 0 Å². The summed E-state index contributed by atoms with van der Waals surface area (Å²) in [5, 5.41) is 6.00. The minimum Gasteiger partial charge on any atom is -0.497 e. The molecule has 5 rings (SSSR count). The summed E-state index contributed by atoms with van der Waals surface area (Å²) in [7, 11) is 3.30. The van der Waals surface area contributed by atoms with Gasteiger partial charge in [0.1, 0.15) is 28.7 Å². The highest BCUT2D eigenvalue weighted by Gasteiger charge is 2.26. The van der Waals surface area contributed by atoms with E-state index in [-0.39, 0.29) is 11.8 Å². The molecule has 190 valence electrons. The van der Waals surface area contributed by atoms with Crippen molar-refractivity contribution in [2.75, 3.05) is 32.2 Å². The maximum atomic E-state index is 12.8. The lowest BCUT2D eigenvalue weighted by atomic mass is 9.96. The van der Waals surface area contributed by atoms with Crippen molar-refractivity contribution in [2.45, 2.75) is 19.4 Å². The van der Waals surface area contributed by atoms with Crippen LogP contribution in [0.25, 0.3) is 21.8 Å². The number of nitrogens with zero attached hydrogens (tertiary/aromatic N) is 4. The fourth-order valence-corrected chi connectivity index (χ4v) is 5.21. The Morgan fingerprint density at radius 2 is 1.62 bits per heavy atom. The van der Waals surface area contributed by atoms with Crippen LogP contribution in [0.3, 0.4) is 0 Å². The molecule has 0 radical (unpaired) electrons. The summed E-state index contributed by atoms with van der Waals surface area (Å²) in [5.41, 5.74) is 3.78. The van der Waals surface area contributed by atoms with Crippen molar-refractivity contribution >= 4 is 23.1 Å². The van der Waals surface area contributed by atoms with E-state index in [1.54, 1.807) is 31.9 Å². The minimum atomic E-state index is -0.0150. The molecule has 1 N–H and O–H groups in total. The molecule has 2 aromatic carbocycles. The molecule has 0 unspecified atom stereocenters. The molecule has 9 heteroatoms. The van der Waals surface area contributed by atoms with E-state index in [0.717, 1.165) is 70.8 Å². The molecule has 0 atom stereocenters. The van der Waals surface area contributed by atoms with Gasteiger partial charge in [0.05, 0.1) is 32.2 Å². The van der Waals surface area contributed by atoms with Gasteiger partial charge >= 0.3 is 0 Å². The van der Waals surface area contributed by atoms with Gasteiger partial charge < -0.3 is 19.7 Å². The van der Waals surface area contributed by atoms with Crippen LogP contribution in [0.4, 0.5) is 5.82 Å². The topological polar surface area (TPSA) is 89.5 Å². The van der Waals surface area contributed by atoms with Crippen molar-refractivity contribution in [3.05, 3.63) is 72.0 Å². The summed E-state index contributed by atoms with van der Waals surface area (Å²) in [6.45, 7) is 1.98. The third-order valence-corrected chi connectivity index (χ3v) is 7.50. The summed E-state index contributed by atoms with van der Waals surface area (Å²) in [6, 6.07) is 17.7. The van der Waals surface area contributed by atoms with Crippen LogP contribution in [-0.4, -0.2) is 48.2 Å². The first-order valence-corrected chi connectivity index (χ1v) is 13.1. The first-order valence-electron chi connectivity index (χ1n) is 12.2. The van der Waals surface area contributed by atoms with Gasteiger partial charge in [0.2, 0.25) is 5.91 Å². The van der Waals surface area contributed by atoms with E-state index in [0.29, 0.717) is 6.54 Å². The Balaban J connectivity index is 1.13. The summed E-state index contributed by atoms with van der Waals surface area (Å²) < 4.78 is 10.5. The molecule has 3 heterocycles. The third-order valence-electron chi connectivity index (χ3n) is 6.56. The summed E-state index contributed by atoms with van der Waals surface area (Å²) in [5.74, 6) is 2.58.